The van der Waals surface area contributed by atoms with Gasteiger partial charge in [0, 0.05) is 32.6 Å². The van der Waals surface area contributed by atoms with Gasteiger partial charge in [0.15, 0.2) is 0 Å². The normalized spacial score (nSPS) is 13.8. The van der Waals surface area contributed by atoms with Crippen LogP contribution >= 0.6 is 11.3 Å². The topological polar surface area (TPSA) is 130 Å². The van der Waals surface area contributed by atoms with Crippen molar-refractivity contribution in [2.24, 2.45) is 5.73 Å². The molecule has 2 aromatic rings. The minimum Gasteiger partial charge on any atom is -0.476 e. The third kappa shape index (κ3) is 7.68. The van der Waals surface area contributed by atoms with Crippen LogP contribution in [0.25, 0.3) is 0 Å². The summed E-state index contributed by atoms with van der Waals surface area (Å²) in [6.45, 7) is 3.16. The molecule has 0 saturated carbocycles. The largest absolute Gasteiger partial charge is 0.476 e. The van der Waals surface area contributed by atoms with Gasteiger partial charge in [0.2, 0.25) is 16.0 Å². The molecular weight excluding hydrogens is 475 g/mol. The Morgan fingerprint density at radius 1 is 1.09 bits per heavy atom. The molecule has 1 aromatic carbocycles. The highest BCUT2D eigenvalue weighted by atomic mass is 32.1. The van der Waals surface area contributed by atoms with Crippen LogP contribution in [0.3, 0.4) is 0 Å². The van der Waals surface area contributed by atoms with Gasteiger partial charge in [0.05, 0.1) is 11.1 Å². The smallest absolute Gasteiger partial charge is 0.417 e. The van der Waals surface area contributed by atoms with Crippen molar-refractivity contribution >= 4 is 34.3 Å². The Morgan fingerprint density at radius 3 is 2.26 bits per heavy atom. The van der Waals surface area contributed by atoms with E-state index in [2.05, 4.69) is 17.1 Å². The third-order valence-corrected chi connectivity index (χ3v) is 5.90. The molecule has 186 valence electrons. The molecule has 13 heteroatoms. The Bertz CT molecular complexity index is 991. The maximum atomic E-state index is 13.1. The van der Waals surface area contributed by atoms with Gasteiger partial charge in [-0.25, -0.2) is 4.79 Å². The van der Waals surface area contributed by atoms with Gasteiger partial charge in [-0.05, 0) is 18.6 Å². The average molecular weight is 502 g/mol. The number of rotatable bonds is 7. The molecule has 1 saturated heterocycles. The number of amides is 2. The van der Waals surface area contributed by atoms with Crippen molar-refractivity contribution in [1.29, 1.82) is 0 Å². The predicted octanol–water partition coefficient (Wildman–Crippen LogP) is 3.27. The van der Waals surface area contributed by atoms with Crippen molar-refractivity contribution < 1.29 is 32.7 Å². The van der Waals surface area contributed by atoms with E-state index in [1.54, 1.807) is 4.90 Å². The fourth-order valence-corrected chi connectivity index (χ4v) is 3.90. The molecule has 1 aliphatic rings. The number of carboxylic acid groups (broad SMARTS) is 1. The Labute approximate surface area is 198 Å². The minimum atomic E-state index is -4.60. The van der Waals surface area contributed by atoms with Gasteiger partial charge < -0.3 is 20.6 Å². The van der Waals surface area contributed by atoms with E-state index < -0.39 is 23.6 Å². The first-order valence-electron chi connectivity index (χ1n) is 10.6. The Kier molecular flexibility index (Phi) is 9.78. The van der Waals surface area contributed by atoms with E-state index in [4.69, 9.17) is 10.8 Å². The molecule has 1 fully saturated rings. The minimum absolute atomic E-state index is 0.141. The van der Waals surface area contributed by atoms with Crippen LogP contribution < -0.4 is 10.6 Å². The predicted molar refractivity (Wildman–Crippen MR) is 120 cm³/mol. The van der Waals surface area contributed by atoms with Crippen LogP contribution in [0, 0.1) is 0 Å². The molecule has 0 atom stereocenters. The van der Waals surface area contributed by atoms with E-state index in [9.17, 15) is 27.6 Å². The summed E-state index contributed by atoms with van der Waals surface area (Å²) in [6.07, 6.45) is -0.843. The highest BCUT2D eigenvalue weighted by Gasteiger charge is 2.36. The standard InChI is InChI=1S/C15H13F3N4O3S.C6H13NO/c16-15(17,18)10-4-2-1-3-9(10)12(23)21-5-7-22(8-6-21)14-20-19-11(26-14)13(24)25;1-2-3-4-5-6(7)8/h1-4H,5-8H2,(H,24,25);2-5H2,1H3,(H2,7,8). The summed E-state index contributed by atoms with van der Waals surface area (Å²) < 4.78 is 39.3. The average Bonchev–Trinajstić information content (AvgIpc) is 3.29. The Hall–Kier alpha value is -3.22. The summed E-state index contributed by atoms with van der Waals surface area (Å²) in [5, 5.41) is 16.5. The van der Waals surface area contributed by atoms with Gasteiger partial charge in [-0.1, -0.05) is 43.2 Å². The van der Waals surface area contributed by atoms with Crippen molar-refractivity contribution in [2.75, 3.05) is 31.1 Å². The van der Waals surface area contributed by atoms with E-state index in [1.165, 1.54) is 23.1 Å². The SMILES string of the molecule is CCCCCC(N)=O.O=C(O)c1nnc(N2CCN(C(=O)c3ccccc3C(F)(F)F)CC2)s1. The van der Waals surface area contributed by atoms with Crippen molar-refractivity contribution in [3.63, 3.8) is 0 Å². The molecule has 1 aliphatic heterocycles. The Morgan fingerprint density at radius 2 is 1.74 bits per heavy atom. The molecule has 0 spiro atoms. The van der Waals surface area contributed by atoms with Crippen molar-refractivity contribution in [1.82, 2.24) is 15.1 Å². The molecule has 1 aromatic heterocycles. The number of unbranched alkanes of at least 4 members (excludes halogenated alkanes) is 2. The van der Waals surface area contributed by atoms with E-state index in [0.717, 1.165) is 36.7 Å². The summed E-state index contributed by atoms with van der Waals surface area (Å²) >= 11 is 0.911. The van der Waals surface area contributed by atoms with E-state index in [-0.39, 0.29) is 29.6 Å². The number of nitrogens with two attached hydrogens (primary N) is 1. The summed E-state index contributed by atoms with van der Waals surface area (Å²) in [7, 11) is 0. The number of primary amides is 1. The number of nitrogens with zero attached hydrogens (tertiary/aromatic N) is 4. The molecule has 0 radical (unpaired) electrons. The number of hydrogen-bond acceptors (Lipinski definition) is 7. The number of hydrogen-bond donors (Lipinski definition) is 2. The van der Waals surface area contributed by atoms with Gasteiger partial charge in [-0.15, -0.1) is 10.2 Å². The quantitative estimate of drug-likeness (QED) is 0.557. The van der Waals surface area contributed by atoms with E-state index >= 15 is 0 Å². The van der Waals surface area contributed by atoms with E-state index in [0.29, 0.717) is 24.6 Å². The number of alkyl halides is 3. The first-order chi connectivity index (χ1) is 16.0. The first-order valence-corrected chi connectivity index (χ1v) is 11.4. The molecule has 9 nitrogen and oxygen atoms in total. The summed E-state index contributed by atoms with van der Waals surface area (Å²) in [6, 6.07) is 4.69. The van der Waals surface area contributed by atoms with Gasteiger partial charge in [0.25, 0.3) is 5.91 Å². The zero-order valence-corrected chi connectivity index (χ0v) is 19.4. The number of carbonyl (C=O) groups excluding carboxylic acids is 2. The molecule has 2 amide bonds. The number of piperazine rings is 1. The summed E-state index contributed by atoms with van der Waals surface area (Å²) in [4.78, 5) is 36.6. The fourth-order valence-electron chi connectivity index (χ4n) is 3.17. The monoisotopic (exact) mass is 501 g/mol. The molecule has 0 bridgehead atoms. The van der Waals surface area contributed by atoms with Gasteiger partial charge in [0.1, 0.15) is 0 Å². The zero-order valence-electron chi connectivity index (χ0n) is 18.5. The molecule has 0 aliphatic carbocycles. The number of aromatic nitrogens is 2. The summed E-state index contributed by atoms with van der Waals surface area (Å²) in [5.74, 6) is -2.04. The number of benzene rings is 1. The highest BCUT2D eigenvalue weighted by Crippen LogP contribution is 2.32. The molecule has 3 rings (SSSR count). The van der Waals surface area contributed by atoms with Crippen LogP contribution in [0.2, 0.25) is 0 Å². The zero-order chi connectivity index (χ0) is 25.3. The van der Waals surface area contributed by atoms with Crippen molar-refractivity contribution in [3.8, 4) is 0 Å². The van der Waals surface area contributed by atoms with Crippen molar-refractivity contribution in [2.45, 2.75) is 38.8 Å². The Balaban J connectivity index is 0.000000440. The lowest BCUT2D eigenvalue weighted by Crippen LogP contribution is -2.49. The molecule has 2 heterocycles. The number of carbonyl (C=O) groups is 3. The lowest BCUT2D eigenvalue weighted by molar-refractivity contribution is -0.138. The van der Waals surface area contributed by atoms with Crippen LogP contribution in [0.4, 0.5) is 18.3 Å². The fraction of sp³-hybridized carbons (Fsp3) is 0.476. The number of halogens is 3. The molecular formula is C21H26F3N5O4S. The van der Waals surface area contributed by atoms with Crippen LogP contribution in [-0.2, 0) is 11.0 Å². The van der Waals surface area contributed by atoms with E-state index in [1.807, 2.05) is 0 Å². The second-order valence-electron chi connectivity index (χ2n) is 7.44. The maximum Gasteiger partial charge on any atom is 0.417 e. The van der Waals surface area contributed by atoms with Crippen LogP contribution in [0.1, 0.15) is 58.3 Å². The highest BCUT2D eigenvalue weighted by molar-refractivity contribution is 7.17. The first kappa shape index (κ1) is 27.0. The molecule has 0 unspecified atom stereocenters. The van der Waals surface area contributed by atoms with Crippen LogP contribution in [0.5, 0.6) is 0 Å². The summed E-state index contributed by atoms with van der Waals surface area (Å²) in [5.41, 5.74) is 3.56. The molecule has 34 heavy (non-hydrogen) atoms. The number of anilines is 1. The van der Waals surface area contributed by atoms with Gasteiger partial charge in [-0.2, -0.15) is 13.2 Å². The maximum absolute atomic E-state index is 13.1. The number of carboxylic acids is 1. The lowest BCUT2D eigenvalue weighted by atomic mass is 10.1. The van der Waals surface area contributed by atoms with Crippen LogP contribution in [0.15, 0.2) is 24.3 Å². The lowest BCUT2D eigenvalue weighted by Gasteiger charge is -2.34. The van der Waals surface area contributed by atoms with Gasteiger partial charge >= 0.3 is 12.1 Å². The third-order valence-electron chi connectivity index (χ3n) is 4.92. The second-order valence-corrected chi connectivity index (χ2v) is 8.40. The molecule has 3 N–H and O–H groups in total. The van der Waals surface area contributed by atoms with Crippen molar-refractivity contribution in [3.05, 3.63) is 40.4 Å². The van der Waals surface area contributed by atoms with Gasteiger partial charge in [-0.3, -0.25) is 9.59 Å². The number of aromatic carboxylic acids is 1. The van der Waals surface area contributed by atoms with Crippen LogP contribution in [-0.4, -0.2) is 64.2 Å². The second kappa shape index (κ2) is 12.3.